The predicted octanol–water partition coefficient (Wildman–Crippen LogP) is 7.06. The van der Waals surface area contributed by atoms with Gasteiger partial charge < -0.3 is 10.1 Å². The summed E-state index contributed by atoms with van der Waals surface area (Å²) >= 11 is 7.38. The van der Waals surface area contributed by atoms with E-state index in [0.717, 1.165) is 44.2 Å². The second kappa shape index (κ2) is 12.5. The number of nitrogens with zero attached hydrogens (tertiary/aromatic N) is 4. The molecule has 0 saturated carbocycles. The third-order valence-corrected chi connectivity index (χ3v) is 8.49. The van der Waals surface area contributed by atoms with E-state index < -0.39 is 5.82 Å². The fourth-order valence-electron chi connectivity index (χ4n) is 5.16. The largest absolute Gasteiger partial charge is 0.488 e. The van der Waals surface area contributed by atoms with Crippen LogP contribution < -0.4 is 10.1 Å². The average Bonchev–Trinajstić information content (AvgIpc) is 3.47. The number of carbonyl (C=O) groups is 1. The van der Waals surface area contributed by atoms with Crippen molar-refractivity contribution in [1.29, 1.82) is 0 Å². The number of ether oxygens (including phenoxy) is 1. The molecule has 0 radical (unpaired) electrons. The molecule has 210 valence electrons. The lowest BCUT2D eigenvalue weighted by atomic mass is 9.96. The maximum atomic E-state index is 13.5. The highest BCUT2D eigenvalue weighted by molar-refractivity contribution is 7.14. The highest BCUT2D eigenvalue weighted by Gasteiger charge is 2.25. The first-order valence-corrected chi connectivity index (χ1v) is 14.9. The minimum absolute atomic E-state index is 0.0255. The van der Waals surface area contributed by atoms with E-state index in [4.69, 9.17) is 26.3 Å². The number of piperidine rings is 1. The first kappa shape index (κ1) is 27.5. The zero-order valence-corrected chi connectivity index (χ0v) is 23.9. The third-order valence-electron chi connectivity index (χ3n) is 7.40. The maximum absolute atomic E-state index is 13.5. The lowest BCUT2D eigenvalue weighted by Gasteiger charge is -2.32. The summed E-state index contributed by atoms with van der Waals surface area (Å²) in [7, 11) is 0. The summed E-state index contributed by atoms with van der Waals surface area (Å²) in [5.74, 6) is 0.426. The van der Waals surface area contributed by atoms with Crippen molar-refractivity contribution in [2.45, 2.75) is 25.8 Å². The topological polar surface area (TPSA) is 79.7 Å². The van der Waals surface area contributed by atoms with Crippen molar-refractivity contribution < 1.29 is 13.9 Å². The van der Waals surface area contributed by atoms with Gasteiger partial charge in [-0.2, -0.15) is 0 Å². The van der Waals surface area contributed by atoms with Crippen LogP contribution in [0.15, 0.2) is 71.2 Å². The van der Waals surface area contributed by atoms with Gasteiger partial charge in [0.25, 0.3) is 0 Å². The number of thiazole rings is 1. The number of fused-ring (bicyclic) bond motifs is 1. The van der Waals surface area contributed by atoms with Gasteiger partial charge in [-0.1, -0.05) is 41.9 Å². The molecule has 1 fully saturated rings. The minimum Gasteiger partial charge on any atom is -0.488 e. The summed E-state index contributed by atoms with van der Waals surface area (Å²) < 4.78 is 19.2. The van der Waals surface area contributed by atoms with Crippen molar-refractivity contribution in [3.8, 4) is 17.1 Å². The molecule has 10 heteroatoms. The number of benzene rings is 2. The van der Waals surface area contributed by atoms with Gasteiger partial charge in [-0.25, -0.2) is 9.37 Å². The fourth-order valence-corrected chi connectivity index (χ4v) is 6.04. The zero-order chi connectivity index (χ0) is 28.2. The summed E-state index contributed by atoms with van der Waals surface area (Å²) in [5, 5.41) is 6.26. The van der Waals surface area contributed by atoms with Gasteiger partial charge in [-0.05, 0) is 55.6 Å². The number of anilines is 1. The van der Waals surface area contributed by atoms with Crippen LogP contribution in [0.1, 0.15) is 35.2 Å². The van der Waals surface area contributed by atoms with Crippen molar-refractivity contribution in [3.05, 3.63) is 88.1 Å². The second-order valence-electron chi connectivity index (χ2n) is 10.3. The van der Waals surface area contributed by atoms with Gasteiger partial charge in [0.05, 0.1) is 17.2 Å². The molecule has 0 amide bonds. The van der Waals surface area contributed by atoms with Gasteiger partial charge in [0.1, 0.15) is 35.2 Å². The van der Waals surface area contributed by atoms with E-state index in [-0.39, 0.29) is 23.8 Å². The smallest absolute Gasteiger partial charge is 0.183 e. The van der Waals surface area contributed by atoms with Crippen LogP contribution in [0.25, 0.3) is 11.4 Å². The molecule has 0 aliphatic carbocycles. The van der Waals surface area contributed by atoms with Gasteiger partial charge in [-0.15, -0.1) is 11.3 Å². The summed E-state index contributed by atoms with van der Waals surface area (Å²) in [4.78, 5) is 29.5. The first-order valence-electron chi connectivity index (χ1n) is 13.6. The van der Waals surface area contributed by atoms with Crippen molar-refractivity contribution >= 4 is 45.3 Å². The van der Waals surface area contributed by atoms with Crippen molar-refractivity contribution in [3.63, 3.8) is 0 Å². The number of Topliss-reactive ketones (excluding diaryl/α,β-unsaturated/α-hetero) is 1. The molecular weight excluding hydrogens is 561 g/mol. The number of aromatic nitrogens is 2. The molecule has 0 atom stereocenters. The number of nitrogens with one attached hydrogen (secondary N) is 1. The highest BCUT2D eigenvalue weighted by Crippen LogP contribution is 2.36. The Morgan fingerprint density at radius 1 is 1.12 bits per heavy atom. The number of ketones is 1. The molecule has 7 nitrogen and oxygen atoms in total. The van der Waals surface area contributed by atoms with Crippen molar-refractivity contribution in [2.24, 2.45) is 10.9 Å². The maximum Gasteiger partial charge on any atom is 0.183 e. The van der Waals surface area contributed by atoms with Crippen LogP contribution in [0.4, 0.5) is 15.2 Å². The Labute approximate surface area is 247 Å². The molecule has 41 heavy (non-hydrogen) atoms. The van der Waals surface area contributed by atoms with E-state index in [1.807, 2.05) is 5.38 Å². The van der Waals surface area contributed by atoms with Crippen molar-refractivity contribution in [2.75, 3.05) is 31.6 Å². The zero-order valence-electron chi connectivity index (χ0n) is 22.4. The summed E-state index contributed by atoms with van der Waals surface area (Å²) in [5.41, 5.74) is 4.19. The number of rotatable bonds is 9. The Morgan fingerprint density at radius 3 is 2.76 bits per heavy atom. The number of carbonyl (C=O) groups excluding carboxylic acids is 1. The highest BCUT2D eigenvalue weighted by atomic mass is 35.5. The van der Waals surface area contributed by atoms with Gasteiger partial charge in [0.2, 0.25) is 0 Å². The van der Waals surface area contributed by atoms with Crippen LogP contribution in [-0.4, -0.2) is 52.6 Å². The standard InChI is InChI=1S/C31H29ClFN5O2S/c32-25-15-23(6-7-26(25)33)40-18-22-14-28(39)24-8-11-34-30(29(24)36-22)27-19-41-31(37-27)35-16-20-9-12-38(13-10-20)17-21-4-2-1-3-5-21/h1-8,11,15,19-20H,9-10,12-14,16-18H2,(H,35,37). The van der Waals surface area contributed by atoms with Crippen LogP contribution in [0.5, 0.6) is 5.75 Å². The number of hydrogen-bond acceptors (Lipinski definition) is 8. The predicted molar refractivity (Wildman–Crippen MR) is 161 cm³/mol. The molecule has 1 saturated heterocycles. The normalized spacial score (nSPS) is 15.9. The molecule has 2 aromatic heterocycles. The molecule has 2 aliphatic rings. The fraction of sp³-hybridized carbons (Fsp3) is 0.290. The molecule has 6 rings (SSSR count). The summed E-state index contributed by atoms with van der Waals surface area (Å²) in [6, 6.07) is 16.5. The van der Waals surface area contributed by atoms with E-state index in [9.17, 15) is 9.18 Å². The van der Waals surface area contributed by atoms with Gasteiger partial charge >= 0.3 is 0 Å². The number of halogens is 2. The number of hydrogen-bond donors (Lipinski definition) is 1. The molecule has 2 aromatic carbocycles. The Hall–Kier alpha value is -3.66. The average molecular weight is 590 g/mol. The number of pyridine rings is 1. The van der Waals surface area contributed by atoms with E-state index in [2.05, 4.69) is 45.5 Å². The molecular formula is C31H29ClFN5O2S. The van der Waals surface area contributed by atoms with Crippen LogP contribution >= 0.6 is 22.9 Å². The summed E-state index contributed by atoms with van der Waals surface area (Å²) in [6.45, 7) is 4.14. The van der Waals surface area contributed by atoms with Gasteiger partial charge in [-0.3, -0.25) is 19.7 Å². The Bertz CT molecular complexity index is 1570. The molecule has 4 aromatic rings. The van der Waals surface area contributed by atoms with E-state index in [0.29, 0.717) is 40.0 Å². The monoisotopic (exact) mass is 589 g/mol. The second-order valence-corrected chi connectivity index (χ2v) is 11.6. The molecule has 0 unspecified atom stereocenters. The Morgan fingerprint density at radius 2 is 1.95 bits per heavy atom. The number of aliphatic imine (C=N–C) groups is 1. The van der Waals surface area contributed by atoms with Crippen LogP contribution in [0.2, 0.25) is 5.02 Å². The summed E-state index contributed by atoms with van der Waals surface area (Å²) in [6.07, 6.45) is 4.06. The Balaban J connectivity index is 1.08. The van der Waals surface area contributed by atoms with Crippen LogP contribution in [0, 0.1) is 11.7 Å². The SMILES string of the molecule is O=C1CC(COc2ccc(F)c(Cl)c2)=Nc2c1ccnc2-c1csc(NCC2CCN(Cc3ccccc3)CC2)n1. The van der Waals surface area contributed by atoms with Gasteiger partial charge in [0.15, 0.2) is 10.9 Å². The molecule has 4 heterocycles. The molecule has 0 bridgehead atoms. The third kappa shape index (κ3) is 6.64. The van der Waals surface area contributed by atoms with E-state index in [1.165, 1.54) is 35.1 Å². The number of likely N-dealkylation sites (tertiary alicyclic amines) is 1. The molecule has 1 N–H and O–H groups in total. The van der Waals surface area contributed by atoms with Gasteiger partial charge in [0, 0.05) is 36.3 Å². The lowest BCUT2D eigenvalue weighted by molar-refractivity contribution is 0.0998. The quantitative estimate of drug-likeness (QED) is 0.225. The van der Waals surface area contributed by atoms with E-state index in [1.54, 1.807) is 12.3 Å². The molecule has 2 aliphatic heterocycles. The van der Waals surface area contributed by atoms with E-state index >= 15 is 0 Å². The van der Waals surface area contributed by atoms with Crippen molar-refractivity contribution in [1.82, 2.24) is 14.9 Å². The van der Waals surface area contributed by atoms with Crippen LogP contribution in [-0.2, 0) is 6.54 Å². The Kier molecular flexibility index (Phi) is 8.36. The molecule has 0 spiro atoms. The minimum atomic E-state index is -0.518. The first-order chi connectivity index (χ1) is 20.0. The van der Waals surface area contributed by atoms with Crippen LogP contribution in [0.3, 0.4) is 0 Å². The lowest BCUT2D eigenvalue weighted by Crippen LogP contribution is -2.35.